The Hall–Kier alpha value is -0.940. The normalized spacial score (nSPS) is 23.8. The molecule has 1 aliphatic heterocycles. The van der Waals surface area contributed by atoms with Gasteiger partial charge in [0, 0.05) is 6.61 Å². The fourth-order valence-corrected chi connectivity index (χ4v) is 2.13. The molecule has 5 nitrogen and oxygen atoms in total. The number of hydrogen-bond acceptors (Lipinski definition) is 5. The van der Waals surface area contributed by atoms with Gasteiger partial charge < -0.3 is 14.6 Å². The van der Waals surface area contributed by atoms with Crippen molar-refractivity contribution >= 4 is 0 Å². The molecular formula is C12H21N3O2. The lowest BCUT2D eigenvalue weighted by atomic mass is 10.0. The minimum absolute atomic E-state index is 0.221. The molecule has 1 aliphatic rings. The van der Waals surface area contributed by atoms with E-state index in [1.807, 2.05) is 13.8 Å². The van der Waals surface area contributed by atoms with Crippen LogP contribution in [0.5, 0.6) is 0 Å². The van der Waals surface area contributed by atoms with E-state index in [4.69, 9.17) is 9.26 Å². The molecule has 1 unspecified atom stereocenters. The molecule has 1 saturated heterocycles. The fourth-order valence-electron chi connectivity index (χ4n) is 2.13. The molecule has 1 fully saturated rings. The first-order valence-electron chi connectivity index (χ1n) is 6.41. The fraction of sp³-hybridized carbons (Fsp3) is 0.833. The summed E-state index contributed by atoms with van der Waals surface area (Å²) in [5, 5.41) is 7.42. The van der Waals surface area contributed by atoms with Crippen LogP contribution in [0.2, 0.25) is 0 Å². The smallest absolute Gasteiger partial charge is 0.243 e. The molecule has 0 amide bonds. The van der Waals surface area contributed by atoms with Gasteiger partial charge in [-0.1, -0.05) is 12.1 Å². The molecule has 0 saturated carbocycles. The maximum Gasteiger partial charge on any atom is 0.243 e. The van der Waals surface area contributed by atoms with Crippen LogP contribution in [0.3, 0.4) is 0 Å². The Morgan fingerprint density at radius 3 is 2.94 bits per heavy atom. The predicted molar refractivity (Wildman–Crippen MR) is 63.5 cm³/mol. The molecule has 1 aromatic rings. The predicted octanol–water partition coefficient (Wildman–Crippen LogP) is 2.16. The molecule has 0 bridgehead atoms. The largest absolute Gasteiger partial charge is 0.367 e. The van der Waals surface area contributed by atoms with Crippen molar-refractivity contribution in [2.45, 2.75) is 51.7 Å². The Kier molecular flexibility index (Phi) is 3.79. The van der Waals surface area contributed by atoms with Crippen molar-refractivity contribution in [3.8, 4) is 0 Å². The summed E-state index contributed by atoms with van der Waals surface area (Å²) in [4.78, 5) is 4.49. The van der Waals surface area contributed by atoms with Gasteiger partial charge in [0.25, 0.3) is 0 Å². The Morgan fingerprint density at radius 2 is 2.35 bits per heavy atom. The van der Waals surface area contributed by atoms with E-state index in [0.29, 0.717) is 18.3 Å². The van der Waals surface area contributed by atoms with E-state index in [9.17, 15) is 0 Å². The van der Waals surface area contributed by atoms with Gasteiger partial charge in [0.15, 0.2) is 0 Å². The summed E-state index contributed by atoms with van der Waals surface area (Å²) in [7, 11) is 0. The van der Waals surface area contributed by atoms with E-state index in [-0.39, 0.29) is 6.04 Å². The summed E-state index contributed by atoms with van der Waals surface area (Å²) < 4.78 is 11.1. The first kappa shape index (κ1) is 12.5. The Labute approximate surface area is 102 Å². The summed E-state index contributed by atoms with van der Waals surface area (Å²) in [6, 6.07) is 0.221. The molecule has 2 rings (SSSR count). The van der Waals surface area contributed by atoms with Crippen molar-refractivity contribution in [3.05, 3.63) is 11.7 Å². The Morgan fingerprint density at radius 1 is 1.53 bits per heavy atom. The second-order valence-corrected chi connectivity index (χ2v) is 4.62. The molecular weight excluding hydrogens is 218 g/mol. The lowest BCUT2D eigenvalue weighted by molar-refractivity contribution is -0.0403. The first-order valence-corrected chi connectivity index (χ1v) is 6.41. The average molecular weight is 239 g/mol. The quantitative estimate of drug-likeness (QED) is 0.853. The number of ether oxygens (including phenoxy) is 1. The van der Waals surface area contributed by atoms with Gasteiger partial charge in [0.2, 0.25) is 11.7 Å². The van der Waals surface area contributed by atoms with Crippen LogP contribution in [0.1, 0.15) is 57.8 Å². The zero-order chi connectivity index (χ0) is 12.3. The van der Waals surface area contributed by atoms with Crippen molar-refractivity contribution in [2.75, 3.05) is 13.2 Å². The third-order valence-corrected chi connectivity index (χ3v) is 3.41. The SMILES string of the molecule is CCOC(C)(CC)c1noc([C@@H]2CCCN2)n1. The Bertz CT molecular complexity index is 360. The molecule has 5 heteroatoms. The van der Waals surface area contributed by atoms with Crippen molar-refractivity contribution < 1.29 is 9.26 Å². The zero-order valence-electron chi connectivity index (χ0n) is 10.8. The maximum atomic E-state index is 5.74. The van der Waals surface area contributed by atoms with E-state index in [0.717, 1.165) is 19.4 Å². The molecule has 0 aliphatic carbocycles. The highest BCUT2D eigenvalue weighted by atomic mass is 16.5. The van der Waals surface area contributed by atoms with E-state index < -0.39 is 5.60 Å². The van der Waals surface area contributed by atoms with Crippen LogP contribution in [-0.4, -0.2) is 23.3 Å². The van der Waals surface area contributed by atoms with Crippen LogP contribution in [0.25, 0.3) is 0 Å². The second kappa shape index (κ2) is 5.14. The van der Waals surface area contributed by atoms with Crippen molar-refractivity contribution in [1.29, 1.82) is 0 Å². The maximum absolute atomic E-state index is 5.74. The summed E-state index contributed by atoms with van der Waals surface area (Å²) >= 11 is 0. The minimum atomic E-state index is -0.435. The summed E-state index contributed by atoms with van der Waals surface area (Å²) in [5.74, 6) is 1.35. The molecule has 0 spiro atoms. The van der Waals surface area contributed by atoms with E-state index in [1.165, 1.54) is 6.42 Å². The summed E-state index contributed by atoms with van der Waals surface area (Å²) in [6.45, 7) is 7.73. The average Bonchev–Trinajstić information content (AvgIpc) is 2.99. The van der Waals surface area contributed by atoms with Crippen LogP contribution >= 0.6 is 0 Å². The van der Waals surface area contributed by atoms with Gasteiger partial charge in [0.05, 0.1) is 6.04 Å². The second-order valence-electron chi connectivity index (χ2n) is 4.62. The monoisotopic (exact) mass is 239 g/mol. The van der Waals surface area contributed by atoms with Gasteiger partial charge in [0.1, 0.15) is 5.60 Å². The molecule has 0 aromatic carbocycles. The molecule has 0 radical (unpaired) electrons. The molecule has 2 heterocycles. The van der Waals surface area contributed by atoms with Gasteiger partial charge >= 0.3 is 0 Å². The summed E-state index contributed by atoms with van der Waals surface area (Å²) in [5.41, 5.74) is -0.435. The van der Waals surface area contributed by atoms with E-state index in [2.05, 4.69) is 22.4 Å². The van der Waals surface area contributed by atoms with E-state index >= 15 is 0 Å². The lowest BCUT2D eigenvalue weighted by Crippen LogP contribution is -2.26. The standard InChI is InChI=1S/C12H21N3O2/c1-4-12(3,16-5-2)11-14-10(17-15-11)9-7-6-8-13-9/h9,13H,4-8H2,1-3H3/t9-,12?/m0/s1. The number of rotatable bonds is 5. The highest BCUT2D eigenvalue weighted by Crippen LogP contribution is 2.29. The molecule has 1 aromatic heterocycles. The third kappa shape index (κ3) is 2.50. The Balaban J connectivity index is 2.15. The number of hydrogen-bond donors (Lipinski definition) is 1. The van der Waals surface area contributed by atoms with Crippen LogP contribution in [0, 0.1) is 0 Å². The van der Waals surface area contributed by atoms with Gasteiger partial charge in [-0.15, -0.1) is 0 Å². The van der Waals surface area contributed by atoms with Crippen LogP contribution in [0.15, 0.2) is 4.52 Å². The van der Waals surface area contributed by atoms with Gasteiger partial charge in [-0.05, 0) is 39.7 Å². The zero-order valence-corrected chi connectivity index (χ0v) is 10.8. The molecule has 1 N–H and O–H groups in total. The minimum Gasteiger partial charge on any atom is -0.367 e. The van der Waals surface area contributed by atoms with Crippen molar-refractivity contribution in [3.63, 3.8) is 0 Å². The number of aromatic nitrogens is 2. The topological polar surface area (TPSA) is 60.2 Å². The van der Waals surface area contributed by atoms with Crippen LogP contribution < -0.4 is 5.32 Å². The molecule has 17 heavy (non-hydrogen) atoms. The van der Waals surface area contributed by atoms with Crippen molar-refractivity contribution in [2.24, 2.45) is 0 Å². The first-order chi connectivity index (χ1) is 8.19. The number of nitrogens with one attached hydrogen (secondary N) is 1. The number of nitrogens with zero attached hydrogens (tertiary/aromatic N) is 2. The summed E-state index contributed by atoms with van der Waals surface area (Å²) in [6.07, 6.45) is 3.07. The lowest BCUT2D eigenvalue weighted by Gasteiger charge is -2.23. The van der Waals surface area contributed by atoms with E-state index in [1.54, 1.807) is 0 Å². The van der Waals surface area contributed by atoms with Gasteiger partial charge in [-0.2, -0.15) is 4.98 Å². The molecule has 96 valence electrons. The molecule has 2 atom stereocenters. The van der Waals surface area contributed by atoms with Crippen LogP contribution in [-0.2, 0) is 10.3 Å². The van der Waals surface area contributed by atoms with Crippen molar-refractivity contribution in [1.82, 2.24) is 15.5 Å². The van der Waals surface area contributed by atoms with Gasteiger partial charge in [-0.3, -0.25) is 0 Å². The van der Waals surface area contributed by atoms with Gasteiger partial charge in [-0.25, -0.2) is 0 Å². The van der Waals surface area contributed by atoms with Crippen LogP contribution in [0.4, 0.5) is 0 Å². The third-order valence-electron chi connectivity index (χ3n) is 3.41. The highest BCUT2D eigenvalue weighted by molar-refractivity contribution is 5.02. The highest BCUT2D eigenvalue weighted by Gasteiger charge is 2.32.